The molecule has 0 aliphatic carbocycles. The maximum Gasteiger partial charge on any atom is 0.249 e. The highest BCUT2D eigenvalue weighted by Crippen LogP contribution is 2.18. The van der Waals surface area contributed by atoms with Gasteiger partial charge < -0.3 is 20.6 Å². The molecular formula is C67H127NO4. The summed E-state index contributed by atoms with van der Waals surface area (Å²) in [6.07, 6.45) is 83.8. The molecule has 0 aliphatic heterocycles. The quantitative estimate of drug-likeness (QED) is 0.0361. The molecule has 0 heterocycles. The fraction of sp³-hybridized carbons (Fsp3) is 0.866. The van der Waals surface area contributed by atoms with Crippen LogP contribution in [0.2, 0.25) is 0 Å². The van der Waals surface area contributed by atoms with Gasteiger partial charge in [-0.25, -0.2) is 0 Å². The maximum atomic E-state index is 12.6. The van der Waals surface area contributed by atoms with Crippen LogP contribution >= 0.6 is 0 Å². The number of amides is 1. The normalized spacial score (nSPS) is 13.5. The van der Waals surface area contributed by atoms with E-state index in [9.17, 15) is 20.1 Å². The minimum Gasteiger partial charge on any atom is -0.394 e. The van der Waals surface area contributed by atoms with Crippen molar-refractivity contribution in [3.8, 4) is 0 Å². The van der Waals surface area contributed by atoms with Gasteiger partial charge in [-0.2, -0.15) is 0 Å². The van der Waals surface area contributed by atoms with E-state index in [1.165, 1.54) is 283 Å². The van der Waals surface area contributed by atoms with Crippen molar-refractivity contribution in [1.29, 1.82) is 0 Å². The van der Waals surface area contributed by atoms with Crippen molar-refractivity contribution in [2.75, 3.05) is 6.61 Å². The second-order valence-electron chi connectivity index (χ2n) is 22.3. The van der Waals surface area contributed by atoms with E-state index >= 15 is 0 Å². The Morgan fingerprint density at radius 1 is 0.347 bits per heavy atom. The summed E-state index contributed by atoms with van der Waals surface area (Å²) in [4.78, 5) is 12.6. The molecule has 0 bridgehead atoms. The van der Waals surface area contributed by atoms with Gasteiger partial charge in [0.05, 0.1) is 18.8 Å². The van der Waals surface area contributed by atoms with Crippen LogP contribution in [0.25, 0.3) is 0 Å². The Hall–Kier alpha value is -1.69. The second-order valence-corrected chi connectivity index (χ2v) is 22.3. The van der Waals surface area contributed by atoms with Gasteiger partial charge in [0.15, 0.2) is 0 Å². The number of rotatable bonds is 60. The predicted molar refractivity (Wildman–Crippen MR) is 319 cm³/mol. The Kier molecular flexibility index (Phi) is 60.4. The largest absolute Gasteiger partial charge is 0.394 e. The zero-order chi connectivity index (χ0) is 52.2. The molecule has 0 spiro atoms. The van der Waals surface area contributed by atoms with Crippen LogP contribution in [0.5, 0.6) is 0 Å². The van der Waals surface area contributed by atoms with E-state index in [1.54, 1.807) is 6.08 Å². The smallest absolute Gasteiger partial charge is 0.249 e. The minimum absolute atomic E-state index is 0.375. The van der Waals surface area contributed by atoms with Gasteiger partial charge in [0.1, 0.15) is 6.10 Å². The Balaban J connectivity index is 3.52. The molecule has 5 heteroatoms. The molecule has 1 amide bonds. The van der Waals surface area contributed by atoms with E-state index in [1.807, 2.05) is 6.08 Å². The molecule has 3 unspecified atom stereocenters. The molecule has 0 saturated heterocycles. The lowest BCUT2D eigenvalue weighted by Gasteiger charge is -2.21. The monoisotopic (exact) mass is 1010 g/mol. The summed E-state index contributed by atoms with van der Waals surface area (Å²) in [5.74, 6) is -0.509. The van der Waals surface area contributed by atoms with Gasteiger partial charge in [0.2, 0.25) is 5.91 Å². The number of aliphatic hydroxyl groups is 3. The van der Waals surface area contributed by atoms with E-state index in [0.717, 1.165) is 44.9 Å². The molecule has 0 aromatic rings. The Bertz CT molecular complexity index is 1160. The van der Waals surface area contributed by atoms with Crippen LogP contribution in [0.4, 0.5) is 0 Å². The molecule has 0 aliphatic rings. The Morgan fingerprint density at radius 2 is 0.611 bits per heavy atom. The highest BCUT2D eigenvalue weighted by Gasteiger charge is 2.22. The summed E-state index contributed by atoms with van der Waals surface area (Å²) >= 11 is 0. The van der Waals surface area contributed by atoms with Crippen molar-refractivity contribution in [3.63, 3.8) is 0 Å². The van der Waals surface area contributed by atoms with Crippen molar-refractivity contribution >= 4 is 5.91 Å². The lowest BCUT2D eigenvalue weighted by atomic mass is 10.0. The van der Waals surface area contributed by atoms with Crippen molar-refractivity contribution in [1.82, 2.24) is 5.32 Å². The third-order valence-electron chi connectivity index (χ3n) is 15.1. The molecule has 0 rings (SSSR count). The number of hydrogen-bond acceptors (Lipinski definition) is 4. The summed E-state index contributed by atoms with van der Waals surface area (Å²) in [5.41, 5.74) is 0. The van der Waals surface area contributed by atoms with Gasteiger partial charge >= 0.3 is 0 Å². The SMILES string of the molecule is CCCCCCCCCCCCCCCC/C=C/CC/C=C/C(O)C(CO)NC(=O)C(O)CCCCCCCCCCCCCCCCCC/C=C\C/C=C\CCCCCCCCCCCCCCCCC. The molecule has 0 aromatic carbocycles. The zero-order valence-electron chi connectivity index (χ0n) is 48.6. The van der Waals surface area contributed by atoms with Gasteiger partial charge in [0, 0.05) is 0 Å². The molecule has 0 fully saturated rings. The van der Waals surface area contributed by atoms with Crippen molar-refractivity contribution < 1.29 is 20.1 Å². The molecule has 3 atom stereocenters. The summed E-state index contributed by atoms with van der Waals surface area (Å²) in [6.45, 7) is 4.21. The van der Waals surface area contributed by atoms with Crippen LogP contribution in [0.3, 0.4) is 0 Å². The number of carbonyl (C=O) groups is 1. The molecule has 72 heavy (non-hydrogen) atoms. The first-order chi connectivity index (χ1) is 35.6. The van der Waals surface area contributed by atoms with Crippen LogP contribution in [0.15, 0.2) is 48.6 Å². The Morgan fingerprint density at radius 3 is 0.931 bits per heavy atom. The number of nitrogens with one attached hydrogen (secondary N) is 1. The third-order valence-corrected chi connectivity index (χ3v) is 15.1. The van der Waals surface area contributed by atoms with Crippen LogP contribution in [0.1, 0.15) is 348 Å². The van der Waals surface area contributed by atoms with Gasteiger partial charge in [-0.05, 0) is 64.2 Å². The first kappa shape index (κ1) is 70.3. The fourth-order valence-electron chi connectivity index (χ4n) is 10.1. The Labute approximate surface area is 450 Å². The van der Waals surface area contributed by atoms with E-state index < -0.39 is 24.2 Å². The number of aliphatic hydroxyl groups excluding tert-OH is 3. The van der Waals surface area contributed by atoms with Crippen LogP contribution in [-0.2, 0) is 4.79 Å². The van der Waals surface area contributed by atoms with Gasteiger partial charge in [-0.1, -0.05) is 332 Å². The second kappa shape index (κ2) is 61.9. The molecular weight excluding hydrogens is 883 g/mol. The standard InChI is InChI=1S/C67H127NO4/c1-3-5-7-9-11-13-15-17-19-21-23-25-26-27-28-29-30-31-32-33-34-35-36-37-38-39-40-41-42-44-46-48-50-52-54-56-58-60-62-66(71)67(72)68-64(63-69)65(70)61-59-57-55-53-51-49-47-45-43-24-22-20-18-16-14-12-10-8-6-4-2/h30-31,33-34,51,53,59,61,64-66,69-71H,3-29,32,35-50,52,54-58,60,62-63H2,1-2H3,(H,68,72)/b31-30-,34-33-,53-51+,61-59+. The van der Waals surface area contributed by atoms with Crippen LogP contribution in [0, 0.1) is 0 Å². The van der Waals surface area contributed by atoms with Gasteiger partial charge in [-0.15, -0.1) is 0 Å². The molecule has 0 saturated carbocycles. The first-order valence-corrected chi connectivity index (χ1v) is 32.5. The van der Waals surface area contributed by atoms with Crippen LogP contribution < -0.4 is 5.32 Å². The average molecular weight is 1010 g/mol. The molecule has 5 nitrogen and oxygen atoms in total. The van der Waals surface area contributed by atoms with E-state index in [2.05, 4.69) is 55.6 Å². The molecule has 424 valence electrons. The lowest BCUT2D eigenvalue weighted by molar-refractivity contribution is -0.131. The first-order valence-electron chi connectivity index (χ1n) is 32.5. The topological polar surface area (TPSA) is 89.8 Å². The van der Waals surface area contributed by atoms with Gasteiger partial charge in [-0.3, -0.25) is 4.79 Å². The summed E-state index contributed by atoms with van der Waals surface area (Å²) in [6, 6.07) is -0.816. The van der Waals surface area contributed by atoms with E-state index in [0.29, 0.717) is 6.42 Å². The van der Waals surface area contributed by atoms with Crippen molar-refractivity contribution in [3.05, 3.63) is 48.6 Å². The van der Waals surface area contributed by atoms with E-state index in [4.69, 9.17) is 0 Å². The third kappa shape index (κ3) is 56.0. The van der Waals surface area contributed by atoms with E-state index in [-0.39, 0.29) is 6.61 Å². The predicted octanol–water partition coefficient (Wildman–Crippen LogP) is 20.7. The number of allylic oxidation sites excluding steroid dienone is 7. The summed E-state index contributed by atoms with van der Waals surface area (Å²) in [5, 5.41) is 33.4. The summed E-state index contributed by atoms with van der Waals surface area (Å²) in [7, 11) is 0. The average Bonchev–Trinajstić information content (AvgIpc) is 3.39. The molecule has 0 radical (unpaired) electrons. The molecule has 4 N–H and O–H groups in total. The van der Waals surface area contributed by atoms with Crippen LogP contribution in [-0.4, -0.2) is 46.1 Å². The van der Waals surface area contributed by atoms with Crippen molar-refractivity contribution in [2.45, 2.75) is 366 Å². The number of unbranched alkanes of at least 4 members (excludes halogenated alkanes) is 46. The number of carbonyl (C=O) groups excluding carboxylic acids is 1. The highest BCUT2D eigenvalue weighted by atomic mass is 16.3. The molecule has 0 aromatic heterocycles. The summed E-state index contributed by atoms with van der Waals surface area (Å²) < 4.78 is 0. The highest BCUT2D eigenvalue weighted by molar-refractivity contribution is 5.80. The zero-order valence-corrected chi connectivity index (χ0v) is 48.6. The lowest BCUT2D eigenvalue weighted by Crippen LogP contribution is -2.48. The fourth-order valence-corrected chi connectivity index (χ4v) is 10.1. The van der Waals surface area contributed by atoms with Crippen molar-refractivity contribution in [2.24, 2.45) is 0 Å². The maximum absolute atomic E-state index is 12.6. The number of hydrogen-bond donors (Lipinski definition) is 4. The minimum atomic E-state index is -1.11. The van der Waals surface area contributed by atoms with Gasteiger partial charge in [0.25, 0.3) is 0 Å².